The highest BCUT2D eigenvalue weighted by atomic mass is 32.1. The first-order valence-corrected chi connectivity index (χ1v) is 8.23. The summed E-state index contributed by atoms with van der Waals surface area (Å²) in [6, 6.07) is 17.7. The molecule has 0 aliphatic carbocycles. The molecule has 0 atom stereocenters. The molecule has 0 fully saturated rings. The van der Waals surface area contributed by atoms with Crippen molar-refractivity contribution in [2.45, 2.75) is 0 Å². The molecule has 0 aliphatic heterocycles. The number of aromatic hydroxyl groups is 2. The first-order valence-electron chi connectivity index (χ1n) is 7.35. The van der Waals surface area contributed by atoms with Gasteiger partial charge in [0.25, 0.3) is 0 Å². The van der Waals surface area contributed by atoms with Crippen molar-refractivity contribution >= 4 is 11.3 Å². The molecule has 0 radical (unpaired) electrons. The van der Waals surface area contributed by atoms with Crippen molar-refractivity contribution in [3.05, 3.63) is 66.0 Å². The second-order valence-electron chi connectivity index (χ2n) is 5.31. The van der Waals surface area contributed by atoms with Crippen LogP contribution >= 0.6 is 11.3 Å². The minimum Gasteiger partial charge on any atom is -0.508 e. The lowest BCUT2D eigenvalue weighted by Crippen LogP contribution is -1.82. The lowest BCUT2D eigenvalue weighted by molar-refractivity contribution is 0.435. The van der Waals surface area contributed by atoms with Crippen molar-refractivity contribution in [2.75, 3.05) is 0 Å². The number of rotatable bonds is 3. The Hall–Kier alpha value is -3.05. The third kappa shape index (κ3) is 2.55. The highest BCUT2D eigenvalue weighted by Crippen LogP contribution is 2.42. The Morgan fingerprint density at radius 1 is 0.792 bits per heavy atom. The average Bonchev–Trinajstić information content (AvgIpc) is 3.25. The normalized spacial score (nSPS) is 10.8. The predicted molar refractivity (Wildman–Crippen MR) is 94.0 cm³/mol. The zero-order chi connectivity index (χ0) is 16.5. The molecule has 5 heteroatoms. The van der Waals surface area contributed by atoms with E-state index in [9.17, 15) is 10.2 Å². The second-order valence-corrected chi connectivity index (χ2v) is 6.25. The Bertz CT molecular complexity index is 892. The fourth-order valence-corrected chi connectivity index (χ4v) is 3.33. The fraction of sp³-hybridized carbons (Fsp3) is 0. The van der Waals surface area contributed by atoms with Gasteiger partial charge in [-0.05, 0) is 60.0 Å². The monoisotopic (exact) mass is 335 g/mol. The van der Waals surface area contributed by atoms with Gasteiger partial charge in [-0.15, -0.1) is 11.3 Å². The van der Waals surface area contributed by atoms with Crippen LogP contribution in [0.3, 0.4) is 0 Å². The highest BCUT2D eigenvalue weighted by molar-refractivity contribution is 7.13. The van der Waals surface area contributed by atoms with Crippen LogP contribution in [0.15, 0.2) is 70.6 Å². The van der Waals surface area contributed by atoms with Gasteiger partial charge >= 0.3 is 0 Å². The molecule has 4 rings (SSSR count). The molecule has 0 bridgehead atoms. The standard InChI is InChI=1S/C19H13NO3S/c21-14-7-3-12(4-8-14)18-17(16-2-1-11-24-16)19(23-20-18)13-5-9-15(22)10-6-13/h1-11,21-22H. The molecule has 0 amide bonds. The summed E-state index contributed by atoms with van der Waals surface area (Å²) in [6.07, 6.45) is 0. The van der Waals surface area contributed by atoms with Gasteiger partial charge < -0.3 is 14.7 Å². The Morgan fingerprint density at radius 2 is 1.42 bits per heavy atom. The summed E-state index contributed by atoms with van der Waals surface area (Å²) in [5.41, 5.74) is 3.33. The lowest BCUT2D eigenvalue weighted by Gasteiger charge is -2.03. The summed E-state index contributed by atoms with van der Waals surface area (Å²) in [4.78, 5) is 1.04. The van der Waals surface area contributed by atoms with Gasteiger partial charge in [0.15, 0.2) is 5.76 Å². The number of aromatic nitrogens is 1. The van der Waals surface area contributed by atoms with Gasteiger partial charge in [-0.25, -0.2) is 0 Å². The van der Waals surface area contributed by atoms with Gasteiger partial charge in [0.2, 0.25) is 0 Å². The van der Waals surface area contributed by atoms with Gasteiger partial charge in [0, 0.05) is 16.0 Å². The molecule has 4 nitrogen and oxygen atoms in total. The maximum atomic E-state index is 9.50. The minimum atomic E-state index is 0.203. The van der Waals surface area contributed by atoms with E-state index in [0.717, 1.165) is 27.3 Å². The summed E-state index contributed by atoms with van der Waals surface area (Å²) < 4.78 is 5.64. The van der Waals surface area contributed by atoms with Gasteiger partial charge in [0.05, 0.1) is 5.56 Å². The fourth-order valence-electron chi connectivity index (χ4n) is 2.57. The molecule has 2 N–H and O–H groups in total. The molecule has 0 unspecified atom stereocenters. The van der Waals surface area contributed by atoms with E-state index in [4.69, 9.17) is 4.52 Å². The van der Waals surface area contributed by atoms with Gasteiger partial charge in [-0.3, -0.25) is 0 Å². The average molecular weight is 335 g/mol. The Labute approximate surface area is 142 Å². The first kappa shape index (κ1) is 14.5. The molecule has 2 aromatic carbocycles. The van der Waals surface area contributed by atoms with Crippen molar-refractivity contribution < 1.29 is 14.7 Å². The van der Waals surface area contributed by atoms with Crippen LogP contribution < -0.4 is 0 Å². The zero-order valence-corrected chi connectivity index (χ0v) is 13.3. The number of hydrogen-bond acceptors (Lipinski definition) is 5. The largest absolute Gasteiger partial charge is 0.508 e. The molecule has 2 aromatic heterocycles. The van der Waals surface area contributed by atoms with E-state index in [1.54, 1.807) is 47.7 Å². The number of nitrogens with zero attached hydrogens (tertiary/aromatic N) is 1. The van der Waals surface area contributed by atoms with Gasteiger partial charge in [-0.1, -0.05) is 11.2 Å². The van der Waals surface area contributed by atoms with Crippen LogP contribution in [0, 0.1) is 0 Å². The molecule has 24 heavy (non-hydrogen) atoms. The van der Waals surface area contributed by atoms with E-state index in [0.29, 0.717) is 5.76 Å². The van der Waals surface area contributed by atoms with Crippen LogP contribution in [0.2, 0.25) is 0 Å². The molecular formula is C19H13NO3S. The van der Waals surface area contributed by atoms with Crippen LogP contribution in [0.25, 0.3) is 33.0 Å². The van der Waals surface area contributed by atoms with Gasteiger partial charge in [0.1, 0.15) is 17.2 Å². The number of phenols is 2. The maximum absolute atomic E-state index is 9.50. The molecule has 118 valence electrons. The quantitative estimate of drug-likeness (QED) is 0.543. The van der Waals surface area contributed by atoms with Crippen LogP contribution in [0.5, 0.6) is 11.5 Å². The SMILES string of the molecule is Oc1ccc(-c2noc(-c3ccc(O)cc3)c2-c2cccs2)cc1. The first-order chi connectivity index (χ1) is 11.7. The van der Waals surface area contributed by atoms with E-state index in [1.807, 2.05) is 29.6 Å². The topological polar surface area (TPSA) is 66.5 Å². The molecule has 0 saturated heterocycles. The predicted octanol–water partition coefficient (Wildman–Crippen LogP) is 5.15. The summed E-state index contributed by atoms with van der Waals surface area (Å²) in [6.45, 7) is 0. The van der Waals surface area contributed by atoms with Crippen LogP contribution in [-0.4, -0.2) is 15.4 Å². The van der Waals surface area contributed by atoms with E-state index < -0.39 is 0 Å². The molecule has 4 aromatic rings. The molecule has 2 heterocycles. The summed E-state index contributed by atoms with van der Waals surface area (Å²) in [7, 11) is 0. The minimum absolute atomic E-state index is 0.203. The van der Waals surface area contributed by atoms with E-state index in [-0.39, 0.29) is 11.5 Å². The molecule has 0 aliphatic rings. The molecule has 0 spiro atoms. The second kappa shape index (κ2) is 5.86. The third-order valence-electron chi connectivity index (χ3n) is 3.73. The van der Waals surface area contributed by atoms with Crippen molar-refractivity contribution in [3.8, 4) is 44.5 Å². The molecular weight excluding hydrogens is 322 g/mol. The van der Waals surface area contributed by atoms with Crippen molar-refractivity contribution in [3.63, 3.8) is 0 Å². The Balaban J connectivity index is 1.92. The maximum Gasteiger partial charge on any atom is 0.176 e. The van der Waals surface area contributed by atoms with E-state index >= 15 is 0 Å². The third-order valence-corrected chi connectivity index (χ3v) is 4.62. The van der Waals surface area contributed by atoms with Crippen molar-refractivity contribution in [2.24, 2.45) is 0 Å². The summed E-state index contributed by atoms with van der Waals surface area (Å²) >= 11 is 1.61. The van der Waals surface area contributed by atoms with E-state index in [2.05, 4.69) is 5.16 Å². The number of thiophene rings is 1. The van der Waals surface area contributed by atoms with Crippen LogP contribution in [-0.2, 0) is 0 Å². The number of benzene rings is 2. The van der Waals surface area contributed by atoms with Crippen LogP contribution in [0.1, 0.15) is 0 Å². The van der Waals surface area contributed by atoms with Gasteiger partial charge in [-0.2, -0.15) is 0 Å². The summed E-state index contributed by atoms with van der Waals surface area (Å²) in [5, 5.41) is 25.3. The smallest absolute Gasteiger partial charge is 0.176 e. The zero-order valence-electron chi connectivity index (χ0n) is 12.5. The Morgan fingerprint density at radius 3 is 2.00 bits per heavy atom. The van der Waals surface area contributed by atoms with Crippen LogP contribution in [0.4, 0.5) is 0 Å². The summed E-state index contributed by atoms with van der Waals surface area (Å²) in [5.74, 6) is 1.06. The molecule has 0 saturated carbocycles. The van der Waals surface area contributed by atoms with E-state index in [1.165, 1.54) is 0 Å². The van der Waals surface area contributed by atoms with Crippen molar-refractivity contribution in [1.29, 1.82) is 0 Å². The lowest BCUT2D eigenvalue weighted by atomic mass is 10.0. The highest BCUT2D eigenvalue weighted by Gasteiger charge is 2.21. The Kier molecular flexibility index (Phi) is 3.55. The number of phenolic OH excluding ortho intramolecular Hbond substituents is 2. The number of hydrogen-bond donors (Lipinski definition) is 2. The van der Waals surface area contributed by atoms with Crippen molar-refractivity contribution in [1.82, 2.24) is 5.16 Å².